The molecule has 0 spiro atoms. The maximum atomic E-state index is 11.2. The maximum Gasteiger partial charge on any atom is 0.337 e. The zero-order chi connectivity index (χ0) is 13.8. The second-order valence-corrected chi connectivity index (χ2v) is 5.24. The Bertz CT molecular complexity index is 566. The average Bonchev–Trinajstić information content (AvgIpc) is 2.81. The van der Waals surface area contributed by atoms with Crippen LogP contribution >= 0.6 is 15.9 Å². The third-order valence-corrected chi connectivity index (χ3v) is 3.19. The highest BCUT2D eigenvalue weighted by atomic mass is 79.9. The second kappa shape index (κ2) is 5.93. The molecule has 0 aliphatic rings. The van der Waals surface area contributed by atoms with Crippen LogP contribution in [0.2, 0.25) is 0 Å². The van der Waals surface area contributed by atoms with Gasteiger partial charge in [-0.2, -0.15) is 0 Å². The van der Waals surface area contributed by atoms with Gasteiger partial charge in [0.2, 0.25) is 0 Å². The van der Waals surface area contributed by atoms with E-state index in [9.17, 15) is 4.79 Å². The fourth-order valence-corrected chi connectivity index (χ4v) is 2.23. The quantitative estimate of drug-likeness (QED) is 0.878. The van der Waals surface area contributed by atoms with E-state index in [2.05, 4.69) is 21.2 Å². The minimum absolute atomic E-state index is 0.0681. The van der Waals surface area contributed by atoms with Gasteiger partial charge in [0, 0.05) is 16.9 Å². The lowest BCUT2D eigenvalue weighted by Crippen LogP contribution is -2.19. The first-order valence-corrected chi connectivity index (χ1v) is 6.67. The molecular weight excluding hydrogens is 310 g/mol. The van der Waals surface area contributed by atoms with Gasteiger partial charge in [-0.3, -0.25) is 0 Å². The van der Waals surface area contributed by atoms with Gasteiger partial charge in [0.05, 0.1) is 17.5 Å². The van der Waals surface area contributed by atoms with Crippen LogP contribution in [0.15, 0.2) is 45.5 Å². The molecule has 2 aromatic rings. The molecule has 0 aliphatic heterocycles. The first-order valence-electron chi connectivity index (χ1n) is 5.88. The molecule has 2 rings (SSSR count). The number of carboxylic acid groups (broad SMARTS) is 1. The molecule has 1 aromatic heterocycles. The molecule has 19 heavy (non-hydrogen) atoms. The number of benzene rings is 1. The fraction of sp³-hybridized carbons (Fsp3) is 0.214. The molecular formula is C14H14BrNO3. The number of furan rings is 1. The molecule has 0 saturated carbocycles. The van der Waals surface area contributed by atoms with E-state index < -0.39 is 5.97 Å². The van der Waals surface area contributed by atoms with E-state index in [-0.39, 0.29) is 11.6 Å². The highest BCUT2D eigenvalue weighted by molar-refractivity contribution is 9.10. The van der Waals surface area contributed by atoms with Crippen LogP contribution in [-0.2, 0) is 6.42 Å². The average molecular weight is 324 g/mol. The Balaban J connectivity index is 2.13. The lowest BCUT2D eigenvalue weighted by Gasteiger charge is -2.16. The van der Waals surface area contributed by atoms with Crippen molar-refractivity contribution in [2.75, 3.05) is 5.32 Å². The number of nitrogens with one attached hydrogen (secondary N) is 1. The van der Waals surface area contributed by atoms with Crippen LogP contribution in [0.3, 0.4) is 0 Å². The first-order chi connectivity index (χ1) is 9.06. The van der Waals surface area contributed by atoms with E-state index >= 15 is 0 Å². The number of anilines is 1. The Kier molecular flexibility index (Phi) is 4.27. The summed E-state index contributed by atoms with van der Waals surface area (Å²) in [6.07, 6.45) is 2.32. The lowest BCUT2D eigenvalue weighted by molar-refractivity contribution is 0.0698. The SMILES string of the molecule is CC(Cc1ccco1)Nc1cc(Br)ccc1C(=O)O. The Morgan fingerprint density at radius 3 is 2.89 bits per heavy atom. The van der Waals surface area contributed by atoms with Crippen molar-refractivity contribution in [3.05, 3.63) is 52.4 Å². The van der Waals surface area contributed by atoms with Crippen LogP contribution in [0.4, 0.5) is 5.69 Å². The van der Waals surface area contributed by atoms with Crippen LogP contribution in [0.5, 0.6) is 0 Å². The van der Waals surface area contributed by atoms with Crippen LogP contribution in [0.1, 0.15) is 23.0 Å². The summed E-state index contributed by atoms with van der Waals surface area (Å²) in [7, 11) is 0. The van der Waals surface area contributed by atoms with Gasteiger partial charge in [-0.05, 0) is 37.3 Å². The molecule has 100 valence electrons. The molecule has 0 bridgehead atoms. The van der Waals surface area contributed by atoms with E-state index in [1.807, 2.05) is 19.1 Å². The first kappa shape index (κ1) is 13.7. The zero-order valence-electron chi connectivity index (χ0n) is 10.4. The number of carboxylic acids is 1. The standard InChI is InChI=1S/C14H14BrNO3/c1-9(7-11-3-2-6-19-11)16-13-8-10(15)4-5-12(13)14(17)18/h2-6,8-9,16H,7H2,1H3,(H,17,18). The number of carbonyl (C=O) groups is 1. The maximum absolute atomic E-state index is 11.2. The van der Waals surface area contributed by atoms with Crippen molar-refractivity contribution in [3.8, 4) is 0 Å². The highest BCUT2D eigenvalue weighted by Gasteiger charge is 2.13. The Hall–Kier alpha value is -1.75. The molecule has 0 amide bonds. The number of hydrogen-bond acceptors (Lipinski definition) is 3. The van der Waals surface area contributed by atoms with Crippen molar-refractivity contribution in [1.82, 2.24) is 0 Å². The van der Waals surface area contributed by atoms with Crippen molar-refractivity contribution >= 4 is 27.6 Å². The molecule has 1 atom stereocenters. The second-order valence-electron chi connectivity index (χ2n) is 4.32. The van der Waals surface area contributed by atoms with Crippen LogP contribution in [0, 0.1) is 0 Å². The number of aromatic carboxylic acids is 1. The summed E-state index contributed by atoms with van der Waals surface area (Å²) in [6.45, 7) is 1.98. The fourth-order valence-electron chi connectivity index (χ4n) is 1.87. The Labute approximate surface area is 119 Å². The number of halogens is 1. The van der Waals surface area contributed by atoms with E-state index in [1.54, 1.807) is 24.5 Å². The van der Waals surface area contributed by atoms with Crippen LogP contribution < -0.4 is 5.32 Å². The number of hydrogen-bond donors (Lipinski definition) is 2. The van der Waals surface area contributed by atoms with Crippen molar-refractivity contribution in [2.45, 2.75) is 19.4 Å². The van der Waals surface area contributed by atoms with Gasteiger partial charge in [0.1, 0.15) is 5.76 Å². The smallest absolute Gasteiger partial charge is 0.337 e. The van der Waals surface area contributed by atoms with E-state index in [1.165, 1.54) is 0 Å². The predicted molar refractivity (Wildman–Crippen MR) is 76.6 cm³/mol. The van der Waals surface area contributed by atoms with E-state index in [4.69, 9.17) is 9.52 Å². The third-order valence-electron chi connectivity index (χ3n) is 2.70. The lowest BCUT2D eigenvalue weighted by atomic mass is 10.1. The summed E-state index contributed by atoms with van der Waals surface area (Å²) in [5.74, 6) is -0.0768. The summed E-state index contributed by atoms with van der Waals surface area (Å²) < 4.78 is 6.12. The van der Waals surface area contributed by atoms with Gasteiger partial charge < -0.3 is 14.8 Å². The topological polar surface area (TPSA) is 62.5 Å². The van der Waals surface area contributed by atoms with E-state index in [0.29, 0.717) is 12.1 Å². The molecule has 5 heteroatoms. The molecule has 1 heterocycles. The Morgan fingerprint density at radius 2 is 2.26 bits per heavy atom. The molecule has 0 fully saturated rings. The summed E-state index contributed by atoms with van der Waals surface area (Å²) in [6, 6.07) is 8.86. The van der Waals surface area contributed by atoms with Gasteiger partial charge in [-0.1, -0.05) is 15.9 Å². The normalized spacial score (nSPS) is 12.1. The molecule has 1 unspecified atom stereocenters. The van der Waals surface area contributed by atoms with Gasteiger partial charge in [-0.25, -0.2) is 4.79 Å². The van der Waals surface area contributed by atoms with Gasteiger partial charge in [0.25, 0.3) is 0 Å². The van der Waals surface area contributed by atoms with Crippen molar-refractivity contribution in [3.63, 3.8) is 0 Å². The van der Waals surface area contributed by atoms with Crippen molar-refractivity contribution in [2.24, 2.45) is 0 Å². The number of rotatable bonds is 5. The summed E-state index contributed by atoms with van der Waals surface area (Å²) >= 11 is 3.34. The monoisotopic (exact) mass is 323 g/mol. The van der Waals surface area contributed by atoms with Gasteiger partial charge in [-0.15, -0.1) is 0 Å². The minimum atomic E-state index is -0.944. The molecule has 2 N–H and O–H groups in total. The molecule has 0 radical (unpaired) electrons. The third kappa shape index (κ3) is 3.61. The van der Waals surface area contributed by atoms with Crippen LogP contribution in [0.25, 0.3) is 0 Å². The Morgan fingerprint density at radius 1 is 1.47 bits per heavy atom. The predicted octanol–water partition coefficient (Wildman–Crippen LogP) is 3.78. The molecule has 4 nitrogen and oxygen atoms in total. The summed E-state index contributed by atoms with van der Waals surface area (Å²) in [5.41, 5.74) is 0.857. The van der Waals surface area contributed by atoms with Crippen molar-refractivity contribution in [1.29, 1.82) is 0 Å². The molecule has 0 aliphatic carbocycles. The van der Waals surface area contributed by atoms with Crippen molar-refractivity contribution < 1.29 is 14.3 Å². The van der Waals surface area contributed by atoms with Crippen LogP contribution in [-0.4, -0.2) is 17.1 Å². The summed E-state index contributed by atoms with van der Waals surface area (Å²) in [4.78, 5) is 11.2. The molecule has 1 aromatic carbocycles. The van der Waals surface area contributed by atoms with Gasteiger partial charge >= 0.3 is 5.97 Å². The van der Waals surface area contributed by atoms with E-state index in [0.717, 1.165) is 10.2 Å². The zero-order valence-corrected chi connectivity index (χ0v) is 12.0. The minimum Gasteiger partial charge on any atom is -0.478 e. The summed E-state index contributed by atoms with van der Waals surface area (Å²) in [5, 5.41) is 12.4. The largest absolute Gasteiger partial charge is 0.478 e. The van der Waals surface area contributed by atoms with Gasteiger partial charge in [0.15, 0.2) is 0 Å². The molecule has 0 saturated heterocycles. The highest BCUT2D eigenvalue weighted by Crippen LogP contribution is 2.23.